The molecule has 0 aromatic heterocycles. The second-order valence-corrected chi connectivity index (χ2v) is 6.69. The molecule has 0 unspecified atom stereocenters. The summed E-state index contributed by atoms with van der Waals surface area (Å²) >= 11 is 2.75. The smallest absolute Gasteiger partial charge is 0.335 e. The van der Waals surface area contributed by atoms with Crippen molar-refractivity contribution in [3.63, 3.8) is 0 Å². The second-order valence-electron chi connectivity index (χ2n) is 4.18. The number of benzene rings is 2. The summed E-state index contributed by atoms with van der Waals surface area (Å²) in [5, 5.41) is 8.74. The largest absolute Gasteiger partial charge is 0.478 e. The van der Waals surface area contributed by atoms with Crippen molar-refractivity contribution in [1.29, 1.82) is 0 Å². The van der Waals surface area contributed by atoms with Crippen LogP contribution in [0.25, 0.3) is 0 Å². The van der Waals surface area contributed by atoms with Gasteiger partial charge >= 0.3 is 5.97 Å². The first kappa shape index (κ1) is 16.4. The molecule has 22 heavy (non-hydrogen) atoms. The number of rotatable bonds is 4. The van der Waals surface area contributed by atoms with E-state index in [1.807, 2.05) is 4.72 Å². The van der Waals surface area contributed by atoms with Crippen molar-refractivity contribution in [3.05, 3.63) is 58.1 Å². The molecule has 0 saturated carbocycles. The zero-order valence-corrected chi connectivity index (χ0v) is 13.1. The van der Waals surface area contributed by atoms with E-state index in [2.05, 4.69) is 15.9 Å². The van der Waals surface area contributed by atoms with Crippen LogP contribution in [0.5, 0.6) is 0 Å². The molecule has 116 valence electrons. The molecule has 0 saturated heterocycles. The second kappa shape index (κ2) is 6.01. The normalized spacial score (nSPS) is 11.2. The average molecular weight is 392 g/mol. The maximum Gasteiger partial charge on any atom is 0.335 e. The quantitative estimate of drug-likeness (QED) is 0.783. The van der Waals surface area contributed by atoms with Gasteiger partial charge in [0.1, 0.15) is 16.5 Å². The van der Waals surface area contributed by atoms with Gasteiger partial charge in [-0.05, 0) is 52.3 Å². The molecular formula is C13H8BrF2NO4S. The van der Waals surface area contributed by atoms with Gasteiger partial charge in [0.2, 0.25) is 0 Å². The highest BCUT2D eigenvalue weighted by molar-refractivity contribution is 9.10. The first-order chi connectivity index (χ1) is 10.2. The summed E-state index contributed by atoms with van der Waals surface area (Å²) in [6.07, 6.45) is 0. The topological polar surface area (TPSA) is 83.5 Å². The summed E-state index contributed by atoms with van der Waals surface area (Å²) in [6, 6.07) is 6.02. The zero-order chi connectivity index (χ0) is 16.5. The van der Waals surface area contributed by atoms with Crippen molar-refractivity contribution in [3.8, 4) is 0 Å². The van der Waals surface area contributed by atoms with Crippen molar-refractivity contribution >= 4 is 37.6 Å². The van der Waals surface area contributed by atoms with Crippen LogP contribution < -0.4 is 4.72 Å². The molecule has 0 amide bonds. The van der Waals surface area contributed by atoms with Gasteiger partial charge in [-0.3, -0.25) is 4.72 Å². The van der Waals surface area contributed by atoms with Crippen molar-refractivity contribution in [2.24, 2.45) is 0 Å². The number of sulfonamides is 1. The monoisotopic (exact) mass is 391 g/mol. The van der Waals surface area contributed by atoms with E-state index in [1.54, 1.807) is 0 Å². The number of nitrogens with one attached hydrogen (secondary N) is 1. The molecule has 0 aliphatic carbocycles. The lowest BCUT2D eigenvalue weighted by Gasteiger charge is -2.10. The molecular weight excluding hydrogens is 384 g/mol. The Morgan fingerprint density at radius 2 is 1.68 bits per heavy atom. The van der Waals surface area contributed by atoms with Crippen LogP contribution in [0.2, 0.25) is 0 Å². The van der Waals surface area contributed by atoms with Crippen LogP contribution in [-0.4, -0.2) is 19.5 Å². The van der Waals surface area contributed by atoms with Gasteiger partial charge in [0.05, 0.1) is 10.0 Å². The number of carboxylic acid groups (broad SMARTS) is 1. The van der Waals surface area contributed by atoms with E-state index in [0.29, 0.717) is 12.1 Å². The van der Waals surface area contributed by atoms with Crippen LogP contribution in [0.3, 0.4) is 0 Å². The highest BCUT2D eigenvalue weighted by atomic mass is 79.9. The molecule has 2 rings (SSSR count). The molecule has 9 heteroatoms. The van der Waals surface area contributed by atoms with E-state index in [-0.39, 0.29) is 15.7 Å². The maximum absolute atomic E-state index is 13.7. The molecule has 2 N–H and O–H groups in total. The molecule has 0 heterocycles. The van der Waals surface area contributed by atoms with Crippen LogP contribution in [0.15, 0.2) is 45.8 Å². The fourth-order valence-electron chi connectivity index (χ4n) is 1.60. The Morgan fingerprint density at radius 3 is 2.23 bits per heavy atom. The lowest BCUT2D eigenvalue weighted by molar-refractivity contribution is 0.0697. The van der Waals surface area contributed by atoms with E-state index in [0.717, 1.165) is 0 Å². The Kier molecular flexibility index (Phi) is 4.47. The fraction of sp³-hybridized carbons (Fsp3) is 0. The Labute approximate surface area is 132 Å². The summed E-state index contributed by atoms with van der Waals surface area (Å²) in [6.45, 7) is 0. The van der Waals surface area contributed by atoms with Crippen molar-refractivity contribution in [2.75, 3.05) is 4.72 Å². The molecule has 0 radical (unpaired) electrons. The van der Waals surface area contributed by atoms with Crippen molar-refractivity contribution < 1.29 is 27.1 Å². The minimum Gasteiger partial charge on any atom is -0.478 e. The summed E-state index contributed by atoms with van der Waals surface area (Å²) in [5.41, 5.74) is -0.0171. The third-order valence-corrected chi connectivity index (χ3v) is 4.65. The first-order valence-corrected chi connectivity index (χ1v) is 7.99. The predicted molar refractivity (Wildman–Crippen MR) is 78.3 cm³/mol. The number of hydrogen-bond acceptors (Lipinski definition) is 3. The minimum absolute atomic E-state index is 0.0210. The van der Waals surface area contributed by atoms with E-state index < -0.39 is 32.5 Å². The van der Waals surface area contributed by atoms with Crippen LogP contribution in [-0.2, 0) is 10.0 Å². The predicted octanol–water partition coefficient (Wildman–Crippen LogP) is 3.23. The first-order valence-electron chi connectivity index (χ1n) is 5.71. The molecule has 0 aliphatic rings. The standard InChI is InChI=1S/C13H8BrF2NO4S/c14-9-5-11(16)12(6-10(9)15)22(20,21)17-8-3-1-7(2-4-8)13(18)19/h1-6,17H,(H,18,19). The number of carbonyl (C=O) groups is 1. The lowest BCUT2D eigenvalue weighted by atomic mass is 10.2. The SMILES string of the molecule is O=C(O)c1ccc(NS(=O)(=O)c2cc(F)c(Br)cc2F)cc1. The Balaban J connectivity index is 2.35. The highest BCUT2D eigenvalue weighted by Crippen LogP contribution is 2.25. The molecule has 5 nitrogen and oxygen atoms in total. The van der Waals surface area contributed by atoms with E-state index in [1.165, 1.54) is 24.3 Å². The summed E-state index contributed by atoms with van der Waals surface area (Å²) in [7, 11) is -4.35. The van der Waals surface area contributed by atoms with Crippen LogP contribution >= 0.6 is 15.9 Å². The number of hydrogen-bond donors (Lipinski definition) is 2. The van der Waals surface area contributed by atoms with Crippen molar-refractivity contribution in [2.45, 2.75) is 4.90 Å². The molecule has 0 bridgehead atoms. The lowest BCUT2D eigenvalue weighted by Crippen LogP contribution is -2.15. The van der Waals surface area contributed by atoms with Gasteiger partial charge in [-0.15, -0.1) is 0 Å². The average Bonchev–Trinajstić information content (AvgIpc) is 2.42. The van der Waals surface area contributed by atoms with Gasteiger partial charge in [-0.1, -0.05) is 0 Å². The van der Waals surface area contributed by atoms with Crippen molar-refractivity contribution in [1.82, 2.24) is 0 Å². The third-order valence-electron chi connectivity index (χ3n) is 2.65. The Hall–Kier alpha value is -2.00. The van der Waals surface area contributed by atoms with Gasteiger partial charge < -0.3 is 5.11 Å². The molecule has 2 aromatic rings. The molecule has 2 aromatic carbocycles. The number of halogens is 3. The number of aromatic carboxylic acids is 1. The third kappa shape index (κ3) is 3.42. The Bertz CT molecular complexity index is 838. The molecule has 0 fully saturated rings. The fourth-order valence-corrected chi connectivity index (χ4v) is 3.05. The minimum atomic E-state index is -4.35. The van der Waals surface area contributed by atoms with E-state index in [4.69, 9.17) is 5.11 Å². The van der Waals surface area contributed by atoms with E-state index in [9.17, 15) is 22.0 Å². The van der Waals surface area contributed by atoms with Gasteiger partial charge in [-0.25, -0.2) is 22.0 Å². The van der Waals surface area contributed by atoms with E-state index >= 15 is 0 Å². The maximum atomic E-state index is 13.7. The summed E-state index contributed by atoms with van der Waals surface area (Å²) in [5.74, 6) is -3.22. The number of anilines is 1. The van der Waals surface area contributed by atoms with Gasteiger partial charge in [-0.2, -0.15) is 0 Å². The van der Waals surface area contributed by atoms with Gasteiger partial charge in [0, 0.05) is 5.69 Å². The van der Waals surface area contributed by atoms with Crippen LogP contribution in [0.4, 0.5) is 14.5 Å². The van der Waals surface area contributed by atoms with Gasteiger partial charge in [0.25, 0.3) is 10.0 Å². The summed E-state index contributed by atoms with van der Waals surface area (Å²) < 4.78 is 53.1. The molecule has 0 atom stereocenters. The molecule has 0 spiro atoms. The van der Waals surface area contributed by atoms with Crippen LogP contribution in [0.1, 0.15) is 10.4 Å². The molecule has 0 aliphatic heterocycles. The van der Waals surface area contributed by atoms with Gasteiger partial charge in [0.15, 0.2) is 0 Å². The number of carboxylic acids is 1. The van der Waals surface area contributed by atoms with Crippen LogP contribution in [0, 0.1) is 11.6 Å². The highest BCUT2D eigenvalue weighted by Gasteiger charge is 2.21. The Morgan fingerprint density at radius 1 is 1.09 bits per heavy atom. The zero-order valence-electron chi connectivity index (χ0n) is 10.7. The summed E-state index contributed by atoms with van der Waals surface area (Å²) in [4.78, 5) is 9.85.